The summed E-state index contributed by atoms with van der Waals surface area (Å²) in [6.07, 6.45) is 3.09. The monoisotopic (exact) mass is 461 g/mol. The first-order valence-electron chi connectivity index (χ1n) is 12.1. The van der Waals surface area contributed by atoms with Crippen LogP contribution in [0.15, 0.2) is 24.3 Å². The molecule has 2 aliphatic carbocycles. The smallest absolute Gasteiger partial charge is 0.220 e. The fraction of sp³-hybridized carbons (Fsp3) is 0.731. The molecule has 7 nitrogen and oxygen atoms in total. The van der Waals surface area contributed by atoms with Crippen LogP contribution in [0.3, 0.4) is 0 Å². The molecular formula is C26H39NO6. The quantitative estimate of drug-likeness (QED) is 0.648. The van der Waals surface area contributed by atoms with E-state index in [-0.39, 0.29) is 35.0 Å². The minimum Gasteiger partial charge on any atom is -0.496 e. The van der Waals surface area contributed by atoms with Gasteiger partial charge in [0.1, 0.15) is 5.75 Å². The number of hydrogen-bond acceptors (Lipinski definition) is 6. The number of fused-ring (bicyclic) bond motifs is 3. The third-order valence-electron chi connectivity index (χ3n) is 8.61. The Bertz CT molecular complexity index is 833. The van der Waals surface area contributed by atoms with Gasteiger partial charge in [0.25, 0.3) is 0 Å². The number of rotatable bonds is 7. The summed E-state index contributed by atoms with van der Waals surface area (Å²) in [6.45, 7) is 5.99. The van der Waals surface area contributed by atoms with Crippen LogP contribution in [0.1, 0.15) is 51.5 Å². The highest BCUT2D eigenvalue weighted by atomic mass is 16.7. The first kappa shape index (κ1) is 24.5. The molecule has 3 fully saturated rings. The minimum atomic E-state index is -0.477. The molecule has 7 atom stereocenters. The number of nitrogens with one attached hydrogen (secondary N) is 1. The molecule has 2 N–H and O–H groups in total. The number of methoxy groups -OCH3 is 2. The van der Waals surface area contributed by atoms with E-state index in [1.807, 2.05) is 24.3 Å². The molecule has 3 aliphatic rings. The molecule has 0 unspecified atom stereocenters. The van der Waals surface area contributed by atoms with Gasteiger partial charge in [0.15, 0.2) is 6.29 Å². The summed E-state index contributed by atoms with van der Waals surface area (Å²) in [6, 6.07) is 7.69. The number of para-hydroxylation sites is 1. The third-order valence-corrected chi connectivity index (χ3v) is 8.61. The van der Waals surface area contributed by atoms with Crippen molar-refractivity contribution in [3.63, 3.8) is 0 Å². The van der Waals surface area contributed by atoms with E-state index in [2.05, 4.69) is 19.2 Å². The van der Waals surface area contributed by atoms with Gasteiger partial charge in [-0.25, -0.2) is 0 Å². The molecule has 1 aromatic carbocycles. The SMILES string of the molecule is COC[C@@H]1OC[C@@]2(C)[C@@H]3CC[C@@H](O)[C@@H](CC(=O)NCc4ccccc4OC)[C@]3(C)CC[C@H]2O1. The van der Waals surface area contributed by atoms with Crippen LogP contribution >= 0.6 is 0 Å². The maximum absolute atomic E-state index is 13.0. The number of aliphatic hydroxyl groups is 1. The van der Waals surface area contributed by atoms with Crippen LogP contribution in [0, 0.1) is 22.7 Å². The second-order valence-electron chi connectivity index (χ2n) is 10.5. The Morgan fingerprint density at radius 1 is 1.18 bits per heavy atom. The molecule has 7 heteroatoms. The summed E-state index contributed by atoms with van der Waals surface area (Å²) < 4.78 is 22.9. The van der Waals surface area contributed by atoms with Crippen molar-refractivity contribution in [2.75, 3.05) is 27.4 Å². The van der Waals surface area contributed by atoms with Gasteiger partial charge in [-0.05, 0) is 49.0 Å². The zero-order valence-electron chi connectivity index (χ0n) is 20.3. The topological polar surface area (TPSA) is 86.2 Å². The second-order valence-corrected chi connectivity index (χ2v) is 10.5. The summed E-state index contributed by atoms with van der Waals surface area (Å²) in [5.74, 6) is 0.958. The Morgan fingerprint density at radius 3 is 2.73 bits per heavy atom. The first-order chi connectivity index (χ1) is 15.8. The number of aliphatic hydroxyl groups excluding tert-OH is 1. The molecule has 0 aromatic heterocycles. The lowest BCUT2D eigenvalue weighted by molar-refractivity contribution is -0.315. The molecule has 1 heterocycles. The Hall–Kier alpha value is -1.67. The maximum atomic E-state index is 13.0. The van der Waals surface area contributed by atoms with E-state index in [4.69, 9.17) is 18.9 Å². The van der Waals surface area contributed by atoms with Gasteiger partial charge in [-0.15, -0.1) is 0 Å². The van der Waals surface area contributed by atoms with Crippen molar-refractivity contribution in [1.82, 2.24) is 5.32 Å². The minimum absolute atomic E-state index is 0.0320. The lowest BCUT2D eigenvalue weighted by atomic mass is 9.46. The Balaban J connectivity index is 1.45. The molecule has 1 aromatic rings. The summed E-state index contributed by atoms with van der Waals surface area (Å²) in [7, 11) is 3.29. The van der Waals surface area contributed by atoms with Crippen LogP contribution in [-0.4, -0.2) is 56.9 Å². The van der Waals surface area contributed by atoms with Gasteiger partial charge in [-0.3, -0.25) is 4.79 Å². The number of hydrogen-bond donors (Lipinski definition) is 2. The summed E-state index contributed by atoms with van der Waals surface area (Å²) >= 11 is 0. The number of benzene rings is 1. The van der Waals surface area contributed by atoms with E-state index in [1.165, 1.54) is 0 Å². The van der Waals surface area contributed by atoms with Crippen molar-refractivity contribution < 1.29 is 28.8 Å². The van der Waals surface area contributed by atoms with Gasteiger partial charge in [0.05, 0.1) is 32.5 Å². The van der Waals surface area contributed by atoms with Crippen molar-refractivity contribution in [3.05, 3.63) is 29.8 Å². The highest BCUT2D eigenvalue weighted by Crippen LogP contribution is 2.62. The van der Waals surface area contributed by atoms with Gasteiger partial charge in [0.2, 0.25) is 5.91 Å². The van der Waals surface area contributed by atoms with Gasteiger partial charge in [0, 0.05) is 31.1 Å². The fourth-order valence-electron chi connectivity index (χ4n) is 6.82. The van der Waals surface area contributed by atoms with Crippen LogP contribution in [0.2, 0.25) is 0 Å². The van der Waals surface area contributed by atoms with Gasteiger partial charge in [-0.1, -0.05) is 32.0 Å². The zero-order valence-corrected chi connectivity index (χ0v) is 20.3. The number of carbonyl (C=O) groups is 1. The van der Waals surface area contributed by atoms with Crippen LogP contribution in [-0.2, 0) is 25.5 Å². The van der Waals surface area contributed by atoms with Crippen molar-refractivity contribution in [2.45, 2.75) is 71.0 Å². The summed E-state index contributed by atoms with van der Waals surface area (Å²) in [5, 5.41) is 14.0. The molecule has 4 rings (SSSR count). The standard InChI is InChI=1S/C26H39NO6/c1-25-12-11-22-26(2,16-32-24(33-22)15-30-3)21(25)10-9-19(28)18(25)13-23(29)27-14-17-7-5-6-8-20(17)31-4/h5-8,18-19,21-22,24,28H,9-16H2,1-4H3,(H,27,29)/t18-,19-,21-,22-,24-,25+,26+/m1/s1. The lowest BCUT2D eigenvalue weighted by Crippen LogP contribution is -2.63. The van der Waals surface area contributed by atoms with E-state index in [0.717, 1.165) is 30.6 Å². The van der Waals surface area contributed by atoms with Crippen molar-refractivity contribution >= 4 is 5.91 Å². The number of carbonyl (C=O) groups excluding carboxylic acids is 1. The largest absolute Gasteiger partial charge is 0.496 e. The van der Waals surface area contributed by atoms with Crippen molar-refractivity contribution in [3.8, 4) is 5.75 Å². The fourth-order valence-corrected chi connectivity index (χ4v) is 6.82. The molecule has 1 saturated heterocycles. The van der Waals surface area contributed by atoms with E-state index in [0.29, 0.717) is 38.5 Å². The Morgan fingerprint density at radius 2 is 1.97 bits per heavy atom. The average Bonchev–Trinajstić information content (AvgIpc) is 2.80. The van der Waals surface area contributed by atoms with Crippen LogP contribution in [0.25, 0.3) is 0 Å². The number of amides is 1. The average molecular weight is 462 g/mol. The lowest BCUT2D eigenvalue weighted by Gasteiger charge is -2.62. The normalized spacial score (nSPS) is 38.2. The Kier molecular flexibility index (Phi) is 7.34. The third kappa shape index (κ3) is 4.65. The molecule has 0 radical (unpaired) electrons. The highest BCUT2D eigenvalue weighted by Gasteiger charge is 2.61. The highest BCUT2D eigenvalue weighted by molar-refractivity contribution is 5.76. The Labute approximate surface area is 197 Å². The van der Waals surface area contributed by atoms with E-state index in [1.54, 1.807) is 14.2 Å². The summed E-state index contributed by atoms with van der Waals surface area (Å²) in [5.41, 5.74) is 0.659. The molecule has 1 amide bonds. The molecule has 2 saturated carbocycles. The molecule has 1 aliphatic heterocycles. The molecule has 0 bridgehead atoms. The maximum Gasteiger partial charge on any atom is 0.220 e. The molecular weight excluding hydrogens is 422 g/mol. The van der Waals surface area contributed by atoms with Crippen LogP contribution < -0.4 is 10.1 Å². The van der Waals surface area contributed by atoms with E-state index in [9.17, 15) is 9.90 Å². The van der Waals surface area contributed by atoms with Crippen molar-refractivity contribution in [2.24, 2.45) is 22.7 Å². The van der Waals surface area contributed by atoms with E-state index >= 15 is 0 Å². The zero-order chi connectivity index (χ0) is 23.6. The van der Waals surface area contributed by atoms with Gasteiger partial charge in [-0.2, -0.15) is 0 Å². The molecule has 33 heavy (non-hydrogen) atoms. The first-order valence-corrected chi connectivity index (χ1v) is 12.1. The second kappa shape index (κ2) is 9.90. The van der Waals surface area contributed by atoms with Gasteiger partial charge < -0.3 is 29.4 Å². The molecule has 0 spiro atoms. The van der Waals surface area contributed by atoms with Crippen LogP contribution in [0.4, 0.5) is 0 Å². The predicted molar refractivity (Wildman–Crippen MR) is 124 cm³/mol. The molecule has 184 valence electrons. The number of ether oxygens (including phenoxy) is 4. The van der Waals surface area contributed by atoms with E-state index < -0.39 is 6.10 Å². The van der Waals surface area contributed by atoms with Crippen molar-refractivity contribution in [1.29, 1.82) is 0 Å². The predicted octanol–water partition coefficient (Wildman–Crippen LogP) is 3.28. The summed E-state index contributed by atoms with van der Waals surface area (Å²) in [4.78, 5) is 13.0. The van der Waals surface area contributed by atoms with Gasteiger partial charge >= 0.3 is 0 Å². The van der Waals surface area contributed by atoms with Crippen LogP contribution in [0.5, 0.6) is 5.75 Å².